The van der Waals surface area contributed by atoms with Crippen molar-refractivity contribution >= 4 is 27.5 Å². The van der Waals surface area contributed by atoms with Gasteiger partial charge in [-0.1, -0.05) is 6.58 Å². The zero-order chi connectivity index (χ0) is 10.7. The molecule has 0 bridgehead atoms. The number of nitrogens with one attached hydrogen (secondary N) is 1. The highest BCUT2D eigenvalue weighted by atomic mass is 32.1. The second-order valence-electron chi connectivity index (χ2n) is 3.07. The van der Waals surface area contributed by atoms with E-state index in [0.29, 0.717) is 6.54 Å². The molecule has 0 aliphatic carbocycles. The Hall–Kier alpha value is -1.68. The SMILES string of the molecule is C=CC(=O)NCc1cnc2ccsc2c1. The second kappa shape index (κ2) is 4.23. The minimum absolute atomic E-state index is 0.165. The lowest BCUT2D eigenvalue weighted by Crippen LogP contribution is -2.19. The Balaban J connectivity index is 2.14. The maximum atomic E-state index is 11.0. The largest absolute Gasteiger partial charge is 0.348 e. The first-order valence-corrected chi connectivity index (χ1v) is 5.40. The maximum Gasteiger partial charge on any atom is 0.243 e. The van der Waals surface area contributed by atoms with E-state index in [1.165, 1.54) is 6.08 Å². The molecule has 4 heteroatoms. The summed E-state index contributed by atoms with van der Waals surface area (Å²) in [5.74, 6) is -0.165. The second-order valence-corrected chi connectivity index (χ2v) is 4.02. The summed E-state index contributed by atoms with van der Waals surface area (Å²) in [6.45, 7) is 3.88. The Morgan fingerprint density at radius 2 is 2.53 bits per heavy atom. The summed E-state index contributed by atoms with van der Waals surface area (Å²) in [5, 5.41) is 4.72. The van der Waals surface area contributed by atoms with Crippen molar-refractivity contribution in [1.82, 2.24) is 10.3 Å². The van der Waals surface area contributed by atoms with Crippen LogP contribution < -0.4 is 5.32 Å². The maximum absolute atomic E-state index is 11.0. The van der Waals surface area contributed by atoms with Crippen molar-refractivity contribution in [2.75, 3.05) is 0 Å². The van der Waals surface area contributed by atoms with Crippen LogP contribution in [0.2, 0.25) is 0 Å². The highest BCUT2D eigenvalue weighted by Crippen LogP contribution is 2.19. The van der Waals surface area contributed by atoms with E-state index < -0.39 is 0 Å². The zero-order valence-corrected chi connectivity index (χ0v) is 8.88. The lowest BCUT2D eigenvalue weighted by Gasteiger charge is -2.01. The van der Waals surface area contributed by atoms with Gasteiger partial charge in [0.05, 0.1) is 10.2 Å². The van der Waals surface area contributed by atoms with Crippen molar-refractivity contribution in [3.8, 4) is 0 Å². The summed E-state index contributed by atoms with van der Waals surface area (Å²) in [7, 11) is 0. The summed E-state index contributed by atoms with van der Waals surface area (Å²) in [4.78, 5) is 15.2. The van der Waals surface area contributed by atoms with Crippen molar-refractivity contribution in [1.29, 1.82) is 0 Å². The predicted octanol–water partition coefficient (Wildman–Crippen LogP) is 2.10. The fourth-order valence-electron chi connectivity index (χ4n) is 1.25. The van der Waals surface area contributed by atoms with Gasteiger partial charge in [0.25, 0.3) is 0 Å². The van der Waals surface area contributed by atoms with E-state index >= 15 is 0 Å². The average Bonchev–Trinajstić information content (AvgIpc) is 2.72. The smallest absolute Gasteiger partial charge is 0.243 e. The molecule has 0 atom stereocenters. The van der Waals surface area contributed by atoms with Gasteiger partial charge in [-0.2, -0.15) is 0 Å². The van der Waals surface area contributed by atoms with Gasteiger partial charge in [0, 0.05) is 12.7 Å². The highest BCUT2D eigenvalue weighted by molar-refractivity contribution is 7.17. The number of thiophene rings is 1. The number of carbonyl (C=O) groups is 1. The van der Waals surface area contributed by atoms with E-state index in [9.17, 15) is 4.79 Å². The molecule has 2 aromatic heterocycles. The molecule has 2 heterocycles. The minimum atomic E-state index is -0.165. The molecule has 1 amide bonds. The predicted molar refractivity (Wildman–Crippen MR) is 61.7 cm³/mol. The van der Waals surface area contributed by atoms with Crippen molar-refractivity contribution < 1.29 is 4.79 Å². The minimum Gasteiger partial charge on any atom is -0.348 e. The molecule has 0 fully saturated rings. The van der Waals surface area contributed by atoms with E-state index in [2.05, 4.69) is 16.9 Å². The van der Waals surface area contributed by atoms with Gasteiger partial charge < -0.3 is 5.32 Å². The molecule has 0 aromatic carbocycles. The standard InChI is InChI=1S/C11H10N2OS/c1-2-11(14)13-7-8-5-10-9(12-6-8)3-4-15-10/h2-6H,1,7H2,(H,13,14). The fourth-order valence-corrected chi connectivity index (χ4v) is 2.05. The molecule has 0 saturated carbocycles. The lowest BCUT2D eigenvalue weighted by molar-refractivity contribution is -0.116. The van der Waals surface area contributed by atoms with Crippen molar-refractivity contribution in [2.24, 2.45) is 0 Å². The molecule has 0 saturated heterocycles. The number of hydrogen-bond acceptors (Lipinski definition) is 3. The number of aromatic nitrogens is 1. The van der Waals surface area contributed by atoms with Gasteiger partial charge >= 0.3 is 0 Å². The summed E-state index contributed by atoms with van der Waals surface area (Å²) >= 11 is 1.65. The van der Waals surface area contributed by atoms with Crippen LogP contribution in [0.1, 0.15) is 5.56 Å². The Kier molecular flexibility index (Phi) is 2.78. The molecule has 1 N–H and O–H groups in total. The van der Waals surface area contributed by atoms with E-state index in [-0.39, 0.29) is 5.91 Å². The van der Waals surface area contributed by atoms with Gasteiger partial charge in [-0.3, -0.25) is 9.78 Å². The Morgan fingerprint density at radius 3 is 3.33 bits per heavy atom. The van der Waals surface area contributed by atoms with Crippen molar-refractivity contribution in [3.05, 3.63) is 41.9 Å². The van der Waals surface area contributed by atoms with Crippen LogP contribution in [0.25, 0.3) is 10.2 Å². The molecule has 0 radical (unpaired) electrons. The molecular weight excluding hydrogens is 208 g/mol. The molecular formula is C11H10N2OS. The number of nitrogens with zero attached hydrogens (tertiary/aromatic N) is 1. The lowest BCUT2D eigenvalue weighted by atomic mass is 10.2. The molecule has 0 spiro atoms. The summed E-state index contributed by atoms with van der Waals surface area (Å²) in [5.41, 5.74) is 2.00. The molecule has 0 unspecified atom stereocenters. The topological polar surface area (TPSA) is 42.0 Å². The van der Waals surface area contributed by atoms with Crippen LogP contribution in [0.4, 0.5) is 0 Å². The number of amides is 1. The van der Waals surface area contributed by atoms with Gasteiger partial charge in [-0.15, -0.1) is 11.3 Å². The molecule has 0 aliphatic rings. The van der Waals surface area contributed by atoms with Crippen LogP contribution in [-0.4, -0.2) is 10.9 Å². The van der Waals surface area contributed by atoms with Crippen molar-refractivity contribution in [3.63, 3.8) is 0 Å². The van der Waals surface area contributed by atoms with E-state index in [0.717, 1.165) is 15.8 Å². The van der Waals surface area contributed by atoms with Gasteiger partial charge in [0.2, 0.25) is 5.91 Å². The highest BCUT2D eigenvalue weighted by Gasteiger charge is 2.00. The van der Waals surface area contributed by atoms with Gasteiger partial charge in [0.15, 0.2) is 0 Å². The summed E-state index contributed by atoms with van der Waals surface area (Å²) in [6.07, 6.45) is 3.04. The third kappa shape index (κ3) is 2.22. The first kappa shape index (κ1) is 9.86. The number of hydrogen-bond donors (Lipinski definition) is 1. The number of rotatable bonds is 3. The Bertz CT molecular complexity index is 504. The first-order valence-electron chi connectivity index (χ1n) is 4.52. The number of pyridine rings is 1. The van der Waals surface area contributed by atoms with Crippen LogP contribution in [0, 0.1) is 0 Å². The van der Waals surface area contributed by atoms with Crippen LogP contribution in [0.5, 0.6) is 0 Å². The Labute approximate surface area is 91.5 Å². The molecule has 76 valence electrons. The number of fused-ring (bicyclic) bond motifs is 1. The third-order valence-corrected chi connectivity index (χ3v) is 2.86. The Morgan fingerprint density at radius 1 is 1.67 bits per heavy atom. The molecule has 2 rings (SSSR count). The van der Waals surface area contributed by atoms with E-state index in [1.54, 1.807) is 17.5 Å². The van der Waals surface area contributed by atoms with Gasteiger partial charge in [-0.05, 0) is 29.2 Å². The molecule has 2 aromatic rings. The molecule has 15 heavy (non-hydrogen) atoms. The average molecular weight is 218 g/mol. The molecule has 0 aliphatic heterocycles. The van der Waals surface area contributed by atoms with Crippen LogP contribution in [-0.2, 0) is 11.3 Å². The molecule has 3 nitrogen and oxygen atoms in total. The van der Waals surface area contributed by atoms with E-state index in [1.807, 2.05) is 17.5 Å². The summed E-state index contributed by atoms with van der Waals surface area (Å²) in [6, 6.07) is 4.02. The van der Waals surface area contributed by atoms with Crippen LogP contribution >= 0.6 is 11.3 Å². The van der Waals surface area contributed by atoms with Crippen molar-refractivity contribution in [2.45, 2.75) is 6.54 Å². The normalized spacial score (nSPS) is 10.1. The zero-order valence-electron chi connectivity index (χ0n) is 8.06. The third-order valence-electron chi connectivity index (χ3n) is 2.01. The first-order chi connectivity index (χ1) is 7.29. The monoisotopic (exact) mass is 218 g/mol. The van der Waals surface area contributed by atoms with Gasteiger partial charge in [0.1, 0.15) is 0 Å². The van der Waals surface area contributed by atoms with E-state index in [4.69, 9.17) is 0 Å². The summed E-state index contributed by atoms with van der Waals surface area (Å²) < 4.78 is 1.14. The van der Waals surface area contributed by atoms with Crippen LogP contribution in [0.3, 0.4) is 0 Å². The fraction of sp³-hybridized carbons (Fsp3) is 0.0909. The van der Waals surface area contributed by atoms with Crippen LogP contribution in [0.15, 0.2) is 36.4 Å². The van der Waals surface area contributed by atoms with Gasteiger partial charge in [-0.25, -0.2) is 0 Å². The number of carbonyl (C=O) groups excluding carboxylic acids is 1. The quantitative estimate of drug-likeness (QED) is 0.802.